The zero-order chi connectivity index (χ0) is 22.0. The van der Waals surface area contributed by atoms with Gasteiger partial charge in [-0.2, -0.15) is 0 Å². The molecule has 8 heteroatoms. The van der Waals surface area contributed by atoms with Gasteiger partial charge in [-0.05, 0) is 48.5 Å². The van der Waals surface area contributed by atoms with Crippen LogP contribution in [0, 0.1) is 0 Å². The number of hydrogen-bond acceptors (Lipinski definition) is 7. The predicted molar refractivity (Wildman–Crippen MR) is 115 cm³/mol. The first-order valence-electron chi connectivity index (χ1n) is 10.2. The van der Waals surface area contributed by atoms with E-state index in [-0.39, 0.29) is 18.2 Å². The lowest BCUT2D eigenvalue weighted by Gasteiger charge is -2.38. The van der Waals surface area contributed by atoms with E-state index in [0.29, 0.717) is 24.3 Å². The van der Waals surface area contributed by atoms with Crippen molar-refractivity contribution in [1.82, 2.24) is 4.90 Å². The van der Waals surface area contributed by atoms with Crippen molar-refractivity contribution >= 4 is 29.2 Å². The molecule has 2 aliphatic rings. The van der Waals surface area contributed by atoms with E-state index >= 15 is 0 Å². The van der Waals surface area contributed by atoms with Gasteiger partial charge in [0.15, 0.2) is 0 Å². The summed E-state index contributed by atoms with van der Waals surface area (Å²) >= 11 is 0. The van der Waals surface area contributed by atoms with Crippen molar-refractivity contribution in [2.24, 2.45) is 0 Å². The number of piperazine rings is 1. The van der Waals surface area contributed by atoms with E-state index in [2.05, 4.69) is 14.5 Å². The zero-order valence-electron chi connectivity index (χ0n) is 17.6. The topological polar surface area (TPSA) is 79.4 Å². The van der Waals surface area contributed by atoms with Gasteiger partial charge in [-0.25, -0.2) is 9.69 Å². The number of anilines is 2. The second-order valence-electron chi connectivity index (χ2n) is 7.55. The Morgan fingerprint density at radius 2 is 1.48 bits per heavy atom. The lowest BCUT2D eigenvalue weighted by Crippen LogP contribution is -2.52. The van der Waals surface area contributed by atoms with Crippen molar-refractivity contribution in [3.63, 3.8) is 0 Å². The van der Waals surface area contributed by atoms with Crippen LogP contribution in [0.3, 0.4) is 0 Å². The van der Waals surface area contributed by atoms with Crippen molar-refractivity contribution in [2.75, 3.05) is 50.2 Å². The Morgan fingerprint density at radius 1 is 0.871 bits per heavy atom. The van der Waals surface area contributed by atoms with Crippen molar-refractivity contribution in [3.8, 4) is 5.75 Å². The molecule has 162 valence electrons. The molecule has 0 spiro atoms. The molecule has 2 aromatic carbocycles. The minimum Gasteiger partial charge on any atom is -0.497 e. The van der Waals surface area contributed by atoms with Gasteiger partial charge in [-0.1, -0.05) is 0 Å². The van der Waals surface area contributed by atoms with Crippen molar-refractivity contribution in [1.29, 1.82) is 0 Å². The fourth-order valence-corrected chi connectivity index (χ4v) is 4.12. The summed E-state index contributed by atoms with van der Waals surface area (Å²) in [5, 5.41) is 0. The fraction of sp³-hybridized carbons (Fsp3) is 0.348. The van der Waals surface area contributed by atoms with Crippen LogP contribution >= 0.6 is 0 Å². The van der Waals surface area contributed by atoms with E-state index in [1.165, 1.54) is 12.0 Å². The van der Waals surface area contributed by atoms with Gasteiger partial charge in [0.25, 0.3) is 5.91 Å². The maximum Gasteiger partial charge on any atom is 0.337 e. The van der Waals surface area contributed by atoms with Crippen LogP contribution in [0.2, 0.25) is 0 Å². The van der Waals surface area contributed by atoms with E-state index < -0.39 is 12.0 Å². The SMILES string of the molecule is COC(=O)c1ccc(N2C(=O)CC(N3CCN(c4ccc(OC)cc4)CC3)C2=O)cc1. The van der Waals surface area contributed by atoms with E-state index in [1.807, 2.05) is 24.3 Å². The Kier molecular flexibility index (Phi) is 5.90. The van der Waals surface area contributed by atoms with E-state index in [4.69, 9.17) is 4.74 Å². The third-order valence-corrected chi connectivity index (χ3v) is 5.86. The van der Waals surface area contributed by atoms with Gasteiger partial charge in [0.05, 0.1) is 37.9 Å². The number of amides is 2. The fourth-order valence-electron chi connectivity index (χ4n) is 4.12. The first-order valence-corrected chi connectivity index (χ1v) is 10.2. The molecule has 0 saturated carbocycles. The number of nitrogens with zero attached hydrogens (tertiary/aromatic N) is 3. The van der Waals surface area contributed by atoms with Crippen molar-refractivity contribution in [3.05, 3.63) is 54.1 Å². The monoisotopic (exact) mass is 423 g/mol. The standard InChI is InChI=1S/C23H25N3O5/c1-30-19-9-7-17(8-10-19)24-11-13-25(14-12-24)20-15-21(27)26(22(20)28)18-5-3-16(4-6-18)23(29)31-2/h3-10,20H,11-15H2,1-2H3. The molecule has 2 fully saturated rings. The Bertz CT molecular complexity index is 966. The maximum absolute atomic E-state index is 13.1. The van der Waals surface area contributed by atoms with Crippen LogP contribution in [0.25, 0.3) is 0 Å². The number of esters is 1. The summed E-state index contributed by atoms with van der Waals surface area (Å²) in [5.74, 6) is -0.0810. The zero-order valence-corrected chi connectivity index (χ0v) is 17.6. The third kappa shape index (κ3) is 4.11. The number of carbonyl (C=O) groups excluding carboxylic acids is 3. The highest BCUT2D eigenvalue weighted by molar-refractivity contribution is 6.22. The van der Waals surface area contributed by atoms with Crippen LogP contribution in [0.15, 0.2) is 48.5 Å². The molecule has 0 aromatic heterocycles. The average Bonchev–Trinajstić information content (AvgIpc) is 3.12. The molecule has 2 aliphatic heterocycles. The quantitative estimate of drug-likeness (QED) is 0.537. The summed E-state index contributed by atoms with van der Waals surface area (Å²) in [6, 6.07) is 13.8. The Balaban J connectivity index is 1.40. The molecule has 1 atom stereocenters. The van der Waals surface area contributed by atoms with Crippen LogP contribution in [0.1, 0.15) is 16.8 Å². The lowest BCUT2D eigenvalue weighted by molar-refractivity contribution is -0.123. The van der Waals surface area contributed by atoms with Gasteiger partial charge in [0.1, 0.15) is 5.75 Å². The van der Waals surface area contributed by atoms with E-state index in [0.717, 1.165) is 24.5 Å². The number of benzene rings is 2. The number of imide groups is 1. The second kappa shape index (κ2) is 8.77. The largest absolute Gasteiger partial charge is 0.497 e. The van der Waals surface area contributed by atoms with Gasteiger partial charge < -0.3 is 14.4 Å². The smallest absolute Gasteiger partial charge is 0.337 e. The molecular formula is C23H25N3O5. The number of carbonyl (C=O) groups is 3. The average molecular weight is 423 g/mol. The molecule has 0 bridgehead atoms. The van der Waals surface area contributed by atoms with Crippen molar-refractivity contribution < 1.29 is 23.9 Å². The van der Waals surface area contributed by atoms with Gasteiger partial charge in [0, 0.05) is 31.9 Å². The Labute approximate surface area is 180 Å². The second-order valence-corrected chi connectivity index (χ2v) is 7.55. The van der Waals surface area contributed by atoms with Gasteiger partial charge >= 0.3 is 5.97 Å². The Morgan fingerprint density at radius 3 is 2.06 bits per heavy atom. The molecule has 31 heavy (non-hydrogen) atoms. The molecule has 0 radical (unpaired) electrons. The molecule has 0 aliphatic carbocycles. The summed E-state index contributed by atoms with van der Waals surface area (Å²) in [6.45, 7) is 2.95. The molecule has 0 N–H and O–H groups in total. The first-order chi connectivity index (χ1) is 15.0. The minimum atomic E-state index is -0.460. The molecule has 2 heterocycles. The third-order valence-electron chi connectivity index (χ3n) is 5.86. The highest BCUT2D eigenvalue weighted by atomic mass is 16.5. The van der Waals surface area contributed by atoms with Crippen LogP contribution in [-0.2, 0) is 14.3 Å². The molecule has 8 nitrogen and oxygen atoms in total. The number of hydrogen-bond donors (Lipinski definition) is 0. The van der Waals surface area contributed by atoms with E-state index in [9.17, 15) is 14.4 Å². The first kappa shape index (κ1) is 20.9. The number of rotatable bonds is 5. The number of ether oxygens (including phenoxy) is 2. The van der Waals surface area contributed by atoms with Crippen LogP contribution in [0.5, 0.6) is 5.75 Å². The Hall–Kier alpha value is -3.39. The maximum atomic E-state index is 13.1. The molecule has 4 rings (SSSR count). The summed E-state index contributed by atoms with van der Waals surface area (Å²) in [5.41, 5.74) is 1.96. The summed E-state index contributed by atoms with van der Waals surface area (Å²) in [6.07, 6.45) is 0.167. The molecule has 2 saturated heterocycles. The molecule has 2 aromatic rings. The van der Waals surface area contributed by atoms with E-state index in [1.54, 1.807) is 31.4 Å². The summed E-state index contributed by atoms with van der Waals surface area (Å²) in [4.78, 5) is 42.9. The molecule has 1 unspecified atom stereocenters. The van der Waals surface area contributed by atoms with Gasteiger partial charge in [-0.3, -0.25) is 14.5 Å². The van der Waals surface area contributed by atoms with Gasteiger partial charge in [0.2, 0.25) is 5.91 Å². The lowest BCUT2D eigenvalue weighted by atomic mass is 10.1. The predicted octanol–water partition coefficient (Wildman–Crippen LogP) is 1.94. The summed E-state index contributed by atoms with van der Waals surface area (Å²) in [7, 11) is 2.95. The number of methoxy groups -OCH3 is 2. The normalized spacial score (nSPS) is 19.6. The highest BCUT2D eigenvalue weighted by Gasteiger charge is 2.43. The summed E-state index contributed by atoms with van der Waals surface area (Å²) < 4.78 is 9.90. The highest BCUT2D eigenvalue weighted by Crippen LogP contribution is 2.28. The molecule has 2 amide bonds. The molecular weight excluding hydrogens is 398 g/mol. The van der Waals surface area contributed by atoms with Crippen LogP contribution in [-0.4, -0.2) is 69.1 Å². The van der Waals surface area contributed by atoms with Crippen molar-refractivity contribution in [2.45, 2.75) is 12.5 Å². The van der Waals surface area contributed by atoms with Gasteiger partial charge in [-0.15, -0.1) is 0 Å². The van der Waals surface area contributed by atoms with Crippen LogP contribution < -0.4 is 14.5 Å². The minimum absolute atomic E-state index is 0.167. The van der Waals surface area contributed by atoms with Crippen LogP contribution in [0.4, 0.5) is 11.4 Å².